The van der Waals surface area contributed by atoms with Crippen LogP contribution in [0.3, 0.4) is 0 Å². The predicted octanol–water partition coefficient (Wildman–Crippen LogP) is 0.299. The lowest BCUT2D eigenvalue weighted by Gasteiger charge is -2.02. The maximum Gasteiger partial charge on any atom is 0.182 e. The predicted molar refractivity (Wildman–Crippen MR) is 52.3 cm³/mol. The minimum atomic E-state index is 0.567. The molecule has 0 amide bonds. The summed E-state index contributed by atoms with van der Waals surface area (Å²) in [6.45, 7) is 1.27. The summed E-state index contributed by atoms with van der Waals surface area (Å²) >= 11 is 0. The first-order chi connectivity index (χ1) is 6.92. The zero-order valence-corrected chi connectivity index (χ0v) is 7.67. The molecule has 0 aliphatic rings. The van der Waals surface area contributed by atoms with E-state index in [-0.39, 0.29) is 0 Å². The Morgan fingerprint density at radius 3 is 3.00 bits per heavy atom. The largest absolute Gasteiger partial charge is 0.329 e. The fourth-order valence-corrected chi connectivity index (χ4v) is 1.25. The molecule has 0 saturated heterocycles. The summed E-state index contributed by atoms with van der Waals surface area (Å²) in [7, 11) is 0. The van der Waals surface area contributed by atoms with E-state index in [0.29, 0.717) is 13.1 Å². The van der Waals surface area contributed by atoms with E-state index in [1.165, 1.54) is 0 Å². The molecule has 0 saturated carbocycles. The van der Waals surface area contributed by atoms with Gasteiger partial charge < -0.3 is 10.3 Å². The Hall–Kier alpha value is -1.75. The second-order valence-corrected chi connectivity index (χ2v) is 2.85. The van der Waals surface area contributed by atoms with E-state index in [9.17, 15) is 0 Å². The minimum absolute atomic E-state index is 0.567. The normalized spacial score (nSPS) is 10.4. The summed E-state index contributed by atoms with van der Waals surface area (Å²) in [6, 6.07) is 5.69. The molecule has 2 N–H and O–H groups in total. The van der Waals surface area contributed by atoms with Gasteiger partial charge in [0.2, 0.25) is 0 Å². The van der Waals surface area contributed by atoms with Gasteiger partial charge in [-0.25, -0.2) is 0 Å². The molecule has 0 spiro atoms. The fraction of sp³-hybridized carbons (Fsp3) is 0.222. The maximum atomic E-state index is 5.47. The van der Waals surface area contributed by atoms with Crippen LogP contribution in [-0.2, 0) is 6.54 Å². The smallest absolute Gasteiger partial charge is 0.182 e. The van der Waals surface area contributed by atoms with E-state index in [2.05, 4.69) is 15.2 Å². The third-order valence-corrected chi connectivity index (χ3v) is 1.88. The summed E-state index contributed by atoms with van der Waals surface area (Å²) < 4.78 is 1.89. The van der Waals surface area contributed by atoms with Crippen molar-refractivity contribution in [1.29, 1.82) is 0 Å². The Labute approximate surface area is 81.6 Å². The molecule has 0 unspecified atom stereocenters. The lowest BCUT2D eigenvalue weighted by Crippen LogP contribution is -2.10. The first-order valence-electron chi connectivity index (χ1n) is 4.41. The van der Waals surface area contributed by atoms with Crippen LogP contribution in [0, 0.1) is 0 Å². The fourth-order valence-electron chi connectivity index (χ4n) is 1.25. The molecule has 0 aliphatic carbocycles. The highest BCUT2D eigenvalue weighted by Gasteiger charge is 2.06. The van der Waals surface area contributed by atoms with Crippen molar-refractivity contribution in [2.24, 2.45) is 5.73 Å². The van der Waals surface area contributed by atoms with Gasteiger partial charge in [0.15, 0.2) is 5.82 Å². The van der Waals surface area contributed by atoms with Crippen LogP contribution in [0.2, 0.25) is 0 Å². The Morgan fingerprint density at radius 2 is 2.29 bits per heavy atom. The van der Waals surface area contributed by atoms with Gasteiger partial charge >= 0.3 is 0 Å². The van der Waals surface area contributed by atoms with Crippen molar-refractivity contribution >= 4 is 0 Å². The highest BCUT2D eigenvalue weighted by molar-refractivity contribution is 5.48. The molecule has 2 heterocycles. The molecule has 0 atom stereocenters. The number of pyridine rings is 1. The van der Waals surface area contributed by atoms with Crippen LogP contribution in [0.5, 0.6) is 0 Å². The van der Waals surface area contributed by atoms with Crippen molar-refractivity contribution in [2.75, 3.05) is 6.54 Å². The lowest BCUT2D eigenvalue weighted by atomic mass is 10.3. The zero-order chi connectivity index (χ0) is 9.80. The Kier molecular flexibility index (Phi) is 2.51. The zero-order valence-electron chi connectivity index (χ0n) is 7.67. The van der Waals surface area contributed by atoms with Crippen molar-refractivity contribution in [3.8, 4) is 11.5 Å². The molecule has 5 heteroatoms. The maximum absolute atomic E-state index is 5.47. The van der Waals surface area contributed by atoms with E-state index in [0.717, 1.165) is 11.5 Å². The second-order valence-electron chi connectivity index (χ2n) is 2.85. The first kappa shape index (κ1) is 8.83. The van der Waals surface area contributed by atoms with E-state index < -0.39 is 0 Å². The third kappa shape index (κ3) is 1.62. The molecule has 2 aromatic rings. The van der Waals surface area contributed by atoms with Crippen LogP contribution in [-0.4, -0.2) is 26.3 Å². The van der Waals surface area contributed by atoms with Gasteiger partial charge in [-0.1, -0.05) is 6.07 Å². The minimum Gasteiger partial charge on any atom is -0.329 e. The lowest BCUT2D eigenvalue weighted by molar-refractivity contribution is 0.710. The van der Waals surface area contributed by atoms with Gasteiger partial charge in [-0.2, -0.15) is 0 Å². The quantitative estimate of drug-likeness (QED) is 0.753. The van der Waals surface area contributed by atoms with Gasteiger partial charge in [0, 0.05) is 19.3 Å². The SMILES string of the molecule is NCCn1cnnc1-c1ccccn1. The molecule has 2 aromatic heterocycles. The molecule has 0 radical (unpaired) electrons. The van der Waals surface area contributed by atoms with Crippen LogP contribution in [0.4, 0.5) is 0 Å². The summed E-state index contributed by atoms with van der Waals surface area (Å²) in [4.78, 5) is 4.20. The number of hydrogen-bond acceptors (Lipinski definition) is 4. The van der Waals surface area contributed by atoms with Crippen LogP contribution in [0.1, 0.15) is 0 Å². The van der Waals surface area contributed by atoms with Gasteiger partial charge in [-0.3, -0.25) is 4.98 Å². The van der Waals surface area contributed by atoms with Gasteiger partial charge in [0.25, 0.3) is 0 Å². The van der Waals surface area contributed by atoms with E-state index in [1.807, 2.05) is 22.8 Å². The molecule has 2 rings (SSSR count). The number of nitrogens with two attached hydrogens (primary N) is 1. The summed E-state index contributed by atoms with van der Waals surface area (Å²) in [6.07, 6.45) is 3.40. The van der Waals surface area contributed by atoms with Crippen LogP contribution < -0.4 is 5.73 Å². The number of rotatable bonds is 3. The second kappa shape index (κ2) is 3.97. The van der Waals surface area contributed by atoms with E-state index in [4.69, 9.17) is 5.73 Å². The molecule has 72 valence electrons. The highest BCUT2D eigenvalue weighted by Crippen LogP contribution is 2.11. The summed E-state index contributed by atoms with van der Waals surface area (Å²) in [5.41, 5.74) is 6.29. The first-order valence-corrected chi connectivity index (χ1v) is 4.41. The van der Waals surface area contributed by atoms with Crippen LogP contribution >= 0.6 is 0 Å². The van der Waals surface area contributed by atoms with Gasteiger partial charge in [0.1, 0.15) is 12.0 Å². The standard InChI is InChI=1S/C9H11N5/c10-4-6-14-7-12-13-9(14)8-3-1-2-5-11-8/h1-3,5,7H,4,6,10H2. The van der Waals surface area contributed by atoms with Crippen molar-refractivity contribution in [3.63, 3.8) is 0 Å². The molecule has 14 heavy (non-hydrogen) atoms. The summed E-state index contributed by atoms with van der Waals surface area (Å²) in [5, 5.41) is 7.83. The number of aromatic nitrogens is 4. The number of hydrogen-bond donors (Lipinski definition) is 1. The highest BCUT2D eigenvalue weighted by atomic mass is 15.3. The van der Waals surface area contributed by atoms with E-state index >= 15 is 0 Å². The summed E-state index contributed by atoms with van der Waals surface area (Å²) in [5.74, 6) is 0.760. The van der Waals surface area contributed by atoms with E-state index in [1.54, 1.807) is 12.5 Å². The topological polar surface area (TPSA) is 69.6 Å². The van der Waals surface area contributed by atoms with Gasteiger partial charge in [-0.15, -0.1) is 10.2 Å². The van der Waals surface area contributed by atoms with Crippen LogP contribution in [0.15, 0.2) is 30.7 Å². The Morgan fingerprint density at radius 1 is 1.36 bits per heavy atom. The average Bonchev–Trinajstić information content (AvgIpc) is 2.68. The molecule has 5 nitrogen and oxygen atoms in total. The average molecular weight is 189 g/mol. The van der Waals surface area contributed by atoms with Crippen molar-refractivity contribution in [3.05, 3.63) is 30.7 Å². The van der Waals surface area contributed by atoms with Crippen molar-refractivity contribution in [2.45, 2.75) is 6.54 Å². The Bertz CT molecular complexity index is 395. The molecular formula is C9H11N5. The monoisotopic (exact) mass is 189 g/mol. The third-order valence-electron chi connectivity index (χ3n) is 1.88. The number of nitrogens with zero attached hydrogens (tertiary/aromatic N) is 4. The van der Waals surface area contributed by atoms with Gasteiger partial charge in [-0.05, 0) is 12.1 Å². The molecule has 0 bridgehead atoms. The molecule has 0 aliphatic heterocycles. The van der Waals surface area contributed by atoms with Crippen LogP contribution in [0.25, 0.3) is 11.5 Å². The molecule has 0 fully saturated rings. The van der Waals surface area contributed by atoms with Gasteiger partial charge in [0.05, 0.1) is 0 Å². The Balaban J connectivity index is 2.37. The molecular weight excluding hydrogens is 178 g/mol. The van der Waals surface area contributed by atoms with Crippen molar-refractivity contribution < 1.29 is 0 Å². The van der Waals surface area contributed by atoms with Crippen molar-refractivity contribution in [1.82, 2.24) is 19.7 Å². The molecule has 0 aromatic carbocycles.